The molecule has 24 heavy (non-hydrogen) atoms. The van der Waals surface area contributed by atoms with Gasteiger partial charge in [0, 0.05) is 6.54 Å². The van der Waals surface area contributed by atoms with Crippen LogP contribution < -0.4 is 14.8 Å². The van der Waals surface area contributed by atoms with Crippen LogP contribution in [0.25, 0.3) is 0 Å². The van der Waals surface area contributed by atoms with Gasteiger partial charge in [0.15, 0.2) is 11.5 Å². The minimum atomic E-state index is -0.383. The zero-order valence-electron chi connectivity index (χ0n) is 12.4. The Morgan fingerprint density at radius 3 is 2.75 bits per heavy atom. The molecule has 8 heteroatoms. The molecule has 0 bridgehead atoms. The number of amides is 1. The van der Waals surface area contributed by atoms with Crippen LogP contribution in [-0.2, 0) is 6.42 Å². The Balaban J connectivity index is 1.63. The molecule has 2 aromatic rings. The van der Waals surface area contributed by atoms with E-state index in [0.29, 0.717) is 42.7 Å². The molecule has 0 saturated heterocycles. The predicted molar refractivity (Wildman–Crippen MR) is 92.7 cm³/mol. The topological polar surface area (TPSA) is 60.5 Å². The van der Waals surface area contributed by atoms with Crippen LogP contribution >= 0.6 is 34.8 Å². The van der Waals surface area contributed by atoms with E-state index in [1.165, 1.54) is 12.1 Å². The molecular weight excluding hydrogens is 375 g/mol. The van der Waals surface area contributed by atoms with Crippen molar-refractivity contribution in [3.8, 4) is 11.5 Å². The van der Waals surface area contributed by atoms with Crippen molar-refractivity contribution in [3.63, 3.8) is 0 Å². The smallest absolute Gasteiger partial charge is 0.271 e. The van der Waals surface area contributed by atoms with Gasteiger partial charge in [0.2, 0.25) is 0 Å². The number of aromatic nitrogens is 1. The number of pyridine rings is 1. The van der Waals surface area contributed by atoms with E-state index in [4.69, 9.17) is 44.3 Å². The predicted octanol–water partition coefficient (Wildman–Crippen LogP) is 3.79. The molecule has 0 fully saturated rings. The first-order valence-electron chi connectivity index (χ1n) is 7.23. The van der Waals surface area contributed by atoms with Crippen LogP contribution in [0.1, 0.15) is 16.1 Å². The number of carbonyl (C=O) groups is 1. The van der Waals surface area contributed by atoms with Gasteiger partial charge in [0.25, 0.3) is 5.91 Å². The number of carbonyl (C=O) groups excluding carboxylic acids is 1. The first-order valence-corrected chi connectivity index (χ1v) is 8.36. The lowest BCUT2D eigenvalue weighted by atomic mass is 10.1. The summed E-state index contributed by atoms with van der Waals surface area (Å²) in [6.45, 7) is 1.36. The maximum Gasteiger partial charge on any atom is 0.271 e. The van der Waals surface area contributed by atoms with Crippen molar-refractivity contribution in [3.05, 3.63) is 50.7 Å². The molecule has 1 aromatic heterocycles. The van der Waals surface area contributed by atoms with E-state index in [2.05, 4.69) is 10.3 Å². The van der Waals surface area contributed by atoms with Gasteiger partial charge in [-0.25, -0.2) is 4.98 Å². The van der Waals surface area contributed by atoms with Gasteiger partial charge in [0.1, 0.15) is 24.1 Å². The molecule has 1 aliphatic heterocycles. The van der Waals surface area contributed by atoms with Crippen LogP contribution in [0.4, 0.5) is 0 Å². The fourth-order valence-corrected chi connectivity index (χ4v) is 2.92. The number of halogens is 3. The molecule has 3 rings (SSSR count). The van der Waals surface area contributed by atoms with Crippen LogP contribution in [0.15, 0.2) is 24.3 Å². The van der Waals surface area contributed by atoms with Crippen molar-refractivity contribution < 1.29 is 14.3 Å². The summed E-state index contributed by atoms with van der Waals surface area (Å²) >= 11 is 17.9. The largest absolute Gasteiger partial charge is 0.486 e. The molecule has 2 heterocycles. The zero-order valence-corrected chi connectivity index (χ0v) is 14.7. The third-order valence-electron chi connectivity index (χ3n) is 3.38. The molecule has 1 aromatic carbocycles. The van der Waals surface area contributed by atoms with Gasteiger partial charge < -0.3 is 14.8 Å². The monoisotopic (exact) mass is 386 g/mol. The highest BCUT2D eigenvalue weighted by Gasteiger charge is 2.17. The zero-order chi connectivity index (χ0) is 17.1. The first kappa shape index (κ1) is 17.1. The second kappa shape index (κ2) is 7.47. The summed E-state index contributed by atoms with van der Waals surface area (Å²) in [6.07, 6.45) is 0.570. The van der Waals surface area contributed by atoms with Crippen molar-refractivity contribution in [2.24, 2.45) is 0 Å². The molecule has 126 valence electrons. The van der Waals surface area contributed by atoms with Gasteiger partial charge >= 0.3 is 0 Å². The van der Waals surface area contributed by atoms with Crippen molar-refractivity contribution in [2.45, 2.75) is 6.42 Å². The molecule has 5 nitrogen and oxygen atoms in total. The van der Waals surface area contributed by atoms with E-state index < -0.39 is 0 Å². The number of nitrogens with zero attached hydrogens (tertiary/aromatic N) is 1. The third kappa shape index (κ3) is 3.86. The van der Waals surface area contributed by atoms with Crippen LogP contribution in [-0.4, -0.2) is 30.6 Å². The van der Waals surface area contributed by atoms with Crippen LogP contribution in [0.3, 0.4) is 0 Å². The number of benzene rings is 1. The number of rotatable bonds is 4. The van der Waals surface area contributed by atoms with Gasteiger partial charge in [-0.05, 0) is 36.2 Å². The normalized spacial score (nSPS) is 12.8. The van der Waals surface area contributed by atoms with E-state index in [1.54, 1.807) is 6.07 Å². The van der Waals surface area contributed by atoms with Gasteiger partial charge in [-0.2, -0.15) is 0 Å². The molecule has 0 saturated carbocycles. The quantitative estimate of drug-likeness (QED) is 0.811. The summed E-state index contributed by atoms with van der Waals surface area (Å²) in [4.78, 5) is 16.1. The Labute approximate surface area is 153 Å². The Bertz CT molecular complexity index is 783. The second-order valence-electron chi connectivity index (χ2n) is 5.07. The van der Waals surface area contributed by atoms with Gasteiger partial charge in [-0.1, -0.05) is 34.8 Å². The van der Waals surface area contributed by atoms with Crippen LogP contribution in [0.2, 0.25) is 15.2 Å². The molecule has 0 atom stereocenters. The van der Waals surface area contributed by atoms with Crippen molar-refractivity contribution >= 4 is 40.7 Å². The van der Waals surface area contributed by atoms with Crippen molar-refractivity contribution in [1.29, 1.82) is 0 Å². The average Bonchev–Trinajstić information content (AvgIpc) is 2.57. The molecular formula is C16H13Cl3N2O3. The number of hydrogen-bond acceptors (Lipinski definition) is 4. The minimum absolute atomic E-state index is 0.101. The maximum atomic E-state index is 12.1. The minimum Gasteiger partial charge on any atom is -0.486 e. The highest BCUT2D eigenvalue weighted by atomic mass is 35.5. The summed E-state index contributed by atoms with van der Waals surface area (Å²) < 4.78 is 11.0. The Morgan fingerprint density at radius 2 is 1.92 bits per heavy atom. The Morgan fingerprint density at radius 1 is 1.12 bits per heavy atom. The molecule has 1 aliphatic rings. The second-order valence-corrected chi connectivity index (χ2v) is 6.27. The van der Waals surface area contributed by atoms with Gasteiger partial charge in [-0.15, -0.1) is 0 Å². The Kier molecular flexibility index (Phi) is 5.33. The molecule has 0 spiro atoms. The van der Waals surface area contributed by atoms with E-state index in [1.807, 2.05) is 6.07 Å². The maximum absolute atomic E-state index is 12.1. The summed E-state index contributed by atoms with van der Waals surface area (Å²) in [5.41, 5.74) is 1.03. The fraction of sp³-hybridized carbons (Fsp3) is 0.250. The standard InChI is InChI=1S/C16H13Cl3N2O3/c17-10-1-2-13(19)21-14(10)16(22)20-4-3-9-7-11(18)15-12(8-9)23-5-6-24-15/h1-2,7-8H,3-6H2,(H,20,22). The highest BCUT2D eigenvalue weighted by Crippen LogP contribution is 2.38. The third-order valence-corrected chi connectivity index (χ3v) is 4.18. The lowest BCUT2D eigenvalue weighted by Crippen LogP contribution is -2.27. The summed E-state index contributed by atoms with van der Waals surface area (Å²) in [5.74, 6) is 0.798. The summed E-state index contributed by atoms with van der Waals surface area (Å²) in [5, 5.41) is 3.71. The SMILES string of the molecule is O=C(NCCc1cc(Cl)c2c(c1)OCCO2)c1nc(Cl)ccc1Cl. The Hall–Kier alpha value is -1.69. The van der Waals surface area contributed by atoms with E-state index in [0.717, 1.165) is 5.56 Å². The van der Waals surface area contributed by atoms with Crippen LogP contribution in [0.5, 0.6) is 11.5 Å². The van der Waals surface area contributed by atoms with Gasteiger partial charge in [-0.3, -0.25) is 4.79 Å². The first-order chi connectivity index (χ1) is 11.5. The lowest BCUT2D eigenvalue weighted by Gasteiger charge is -2.20. The number of nitrogens with one attached hydrogen (secondary N) is 1. The molecule has 0 radical (unpaired) electrons. The van der Waals surface area contributed by atoms with E-state index in [9.17, 15) is 4.79 Å². The molecule has 0 unspecified atom stereocenters. The van der Waals surface area contributed by atoms with Crippen molar-refractivity contribution in [1.82, 2.24) is 10.3 Å². The molecule has 0 aliphatic carbocycles. The number of ether oxygens (including phenoxy) is 2. The van der Waals surface area contributed by atoms with E-state index in [-0.39, 0.29) is 21.8 Å². The van der Waals surface area contributed by atoms with Crippen LogP contribution in [0, 0.1) is 0 Å². The lowest BCUT2D eigenvalue weighted by molar-refractivity contribution is 0.0949. The number of fused-ring (bicyclic) bond motifs is 1. The summed E-state index contributed by atoms with van der Waals surface area (Å²) in [7, 11) is 0. The van der Waals surface area contributed by atoms with Crippen molar-refractivity contribution in [2.75, 3.05) is 19.8 Å². The number of hydrogen-bond donors (Lipinski definition) is 1. The molecule has 1 N–H and O–H groups in total. The van der Waals surface area contributed by atoms with Gasteiger partial charge in [0.05, 0.1) is 10.0 Å². The summed E-state index contributed by atoms with van der Waals surface area (Å²) in [6, 6.07) is 6.72. The molecule has 1 amide bonds. The average molecular weight is 388 g/mol. The highest BCUT2D eigenvalue weighted by molar-refractivity contribution is 6.34. The van der Waals surface area contributed by atoms with E-state index >= 15 is 0 Å². The fourth-order valence-electron chi connectivity index (χ4n) is 2.29.